The van der Waals surface area contributed by atoms with E-state index in [4.69, 9.17) is 9.47 Å². The average Bonchev–Trinajstić information content (AvgIpc) is 2.88. The highest BCUT2D eigenvalue weighted by Crippen LogP contribution is 2.38. The third-order valence-corrected chi connectivity index (χ3v) is 6.54. The van der Waals surface area contributed by atoms with Gasteiger partial charge in [-0.1, -0.05) is 48.5 Å². The maximum absolute atomic E-state index is 13.2. The van der Waals surface area contributed by atoms with E-state index >= 15 is 0 Å². The van der Waals surface area contributed by atoms with Crippen molar-refractivity contribution in [3.05, 3.63) is 95.1 Å². The van der Waals surface area contributed by atoms with Crippen LogP contribution in [0.4, 0.5) is 13.2 Å². The molecule has 1 unspecified atom stereocenters. The number of nitrogens with zero attached hydrogens (tertiary/aromatic N) is 1. The largest absolute Gasteiger partial charge is 0.493 e. The summed E-state index contributed by atoms with van der Waals surface area (Å²) >= 11 is 0. The minimum Gasteiger partial charge on any atom is -0.493 e. The first-order valence-corrected chi connectivity index (χ1v) is 11.7. The van der Waals surface area contributed by atoms with E-state index in [0.29, 0.717) is 49.6 Å². The van der Waals surface area contributed by atoms with E-state index in [1.165, 1.54) is 12.1 Å². The van der Waals surface area contributed by atoms with E-state index in [0.717, 1.165) is 23.3 Å². The van der Waals surface area contributed by atoms with Gasteiger partial charge in [0, 0.05) is 0 Å². The Balaban J connectivity index is 1.63. The minimum absolute atomic E-state index is 0.362. The van der Waals surface area contributed by atoms with Crippen LogP contribution >= 0.6 is 0 Å². The topological polar surface area (TPSA) is 59.0 Å². The molecular formula is C28H28F3NO4. The number of hydrogen-bond acceptors (Lipinski definition) is 4. The van der Waals surface area contributed by atoms with Crippen molar-refractivity contribution in [3.8, 4) is 11.5 Å². The van der Waals surface area contributed by atoms with Crippen molar-refractivity contribution in [3.63, 3.8) is 0 Å². The van der Waals surface area contributed by atoms with Gasteiger partial charge in [0.25, 0.3) is 0 Å². The molecule has 3 aromatic carbocycles. The lowest BCUT2D eigenvalue weighted by Gasteiger charge is -2.37. The molecule has 3 aromatic rings. The van der Waals surface area contributed by atoms with Gasteiger partial charge >= 0.3 is 12.1 Å². The Morgan fingerprint density at radius 3 is 2.19 bits per heavy atom. The monoisotopic (exact) mass is 499 g/mol. The number of alkyl halides is 3. The fourth-order valence-corrected chi connectivity index (χ4v) is 4.58. The van der Waals surface area contributed by atoms with Gasteiger partial charge in [-0.2, -0.15) is 13.2 Å². The predicted molar refractivity (Wildman–Crippen MR) is 129 cm³/mol. The van der Waals surface area contributed by atoms with E-state index in [2.05, 4.69) is 4.90 Å². The fourth-order valence-electron chi connectivity index (χ4n) is 4.58. The molecule has 0 aliphatic carbocycles. The summed E-state index contributed by atoms with van der Waals surface area (Å²) in [5.74, 6) is -0.165. The maximum Gasteiger partial charge on any atom is 0.416 e. The summed E-state index contributed by atoms with van der Waals surface area (Å²) in [5, 5.41) is 9.38. The van der Waals surface area contributed by atoms with Crippen molar-refractivity contribution in [1.82, 2.24) is 4.90 Å². The minimum atomic E-state index is -4.42. The van der Waals surface area contributed by atoms with E-state index in [1.54, 1.807) is 13.2 Å². The summed E-state index contributed by atoms with van der Waals surface area (Å²) in [4.78, 5) is 13.5. The predicted octanol–water partition coefficient (Wildman–Crippen LogP) is 6.18. The summed E-state index contributed by atoms with van der Waals surface area (Å²) in [6.07, 6.45) is -3.47. The van der Waals surface area contributed by atoms with Crippen LogP contribution in [-0.2, 0) is 17.6 Å². The van der Waals surface area contributed by atoms with Gasteiger partial charge < -0.3 is 14.6 Å². The van der Waals surface area contributed by atoms with Crippen LogP contribution in [0, 0.1) is 5.92 Å². The van der Waals surface area contributed by atoms with E-state index in [-0.39, 0.29) is 6.04 Å². The molecule has 8 heteroatoms. The molecule has 4 rings (SSSR count). The number of likely N-dealkylation sites (tertiary alicyclic amines) is 1. The molecule has 0 saturated carbocycles. The molecule has 1 aliphatic heterocycles. The highest BCUT2D eigenvalue weighted by Gasteiger charge is 2.33. The van der Waals surface area contributed by atoms with Gasteiger partial charge in [0.15, 0.2) is 11.5 Å². The lowest BCUT2D eigenvalue weighted by Crippen LogP contribution is -2.39. The molecule has 0 radical (unpaired) electrons. The Morgan fingerprint density at radius 1 is 0.972 bits per heavy atom. The Kier molecular flexibility index (Phi) is 7.84. The quantitative estimate of drug-likeness (QED) is 0.401. The number of carbonyl (C=O) groups is 1. The molecule has 1 atom stereocenters. The van der Waals surface area contributed by atoms with Crippen LogP contribution in [0.5, 0.6) is 11.5 Å². The number of aliphatic carboxylic acids is 1. The van der Waals surface area contributed by atoms with Crippen molar-refractivity contribution in [1.29, 1.82) is 0 Å². The second-order valence-corrected chi connectivity index (χ2v) is 8.86. The van der Waals surface area contributed by atoms with Crippen LogP contribution < -0.4 is 9.47 Å². The molecule has 0 aromatic heterocycles. The van der Waals surface area contributed by atoms with Crippen LogP contribution in [0.2, 0.25) is 0 Å². The van der Waals surface area contributed by atoms with Gasteiger partial charge in [-0.15, -0.1) is 0 Å². The smallest absolute Gasteiger partial charge is 0.416 e. The molecule has 1 saturated heterocycles. The molecule has 190 valence electrons. The molecule has 1 aliphatic rings. The zero-order valence-electron chi connectivity index (χ0n) is 19.9. The molecule has 0 spiro atoms. The van der Waals surface area contributed by atoms with Gasteiger partial charge in [-0.25, -0.2) is 0 Å². The van der Waals surface area contributed by atoms with Gasteiger partial charge in [-0.05, 0) is 66.9 Å². The van der Waals surface area contributed by atoms with Crippen LogP contribution in [-0.4, -0.2) is 36.2 Å². The Labute approximate surface area is 208 Å². The Hall–Kier alpha value is -3.52. The van der Waals surface area contributed by atoms with Crippen molar-refractivity contribution >= 4 is 5.97 Å². The summed E-state index contributed by atoms with van der Waals surface area (Å²) in [5.41, 5.74) is 1.81. The van der Waals surface area contributed by atoms with Crippen molar-refractivity contribution < 1.29 is 32.5 Å². The number of rotatable bonds is 8. The summed E-state index contributed by atoms with van der Waals surface area (Å²) in [7, 11) is 1.54. The van der Waals surface area contributed by atoms with Crippen LogP contribution in [0.3, 0.4) is 0 Å². The molecule has 5 nitrogen and oxygen atoms in total. The number of halogens is 3. The number of methoxy groups -OCH3 is 1. The highest BCUT2D eigenvalue weighted by molar-refractivity contribution is 5.70. The first-order valence-electron chi connectivity index (χ1n) is 11.7. The Morgan fingerprint density at radius 2 is 1.61 bits per heavy atom. The summed E-state index contributed by atoms with van der Waals surface area (Å²) < 4.78 is 51.0. The maximum atomic E-state index is 13.2. The van der Waals surface area contributed by atoms with E-state index in [9.17, 15) is 23.1 Å². The van der Waals surface area contributed by atoms with Crippen molar-refractivity contribution in [2.45, 2.75) is 31.7 Å². The summed E-state index contributed by atoms with van der Waals surface area (Å²) in [6.45, 7) is 1.38. The zero-order valence-corrected chi connectivity index (χ0v) is 19.9. The van der Waals surface area contributed by atoms with Gasteiger partial charge in [0.2, 0.25) is 0 Å². The second-order valence-electron chi connectivity index (χ2n) is 8.86. The van der Waals surface area contributed by atoms with Crippen molar-refractivity contribution in [2.24, 2.45) is 5.92 Å². The number of piperidine rings is 1. The second kappa shape index (κ2) is 11.0. The SMILES string of the molecule is COc1cc(C(c2ccc(C(F)(F)F)cc2)N2CCC(C(=O)O)CC2)ccc1OCc1ccccc1. The molecule has 1 N–H and O–H groups in total. The van der Waals surface area contributed by atoms with Crippen LogP contribution in [0.25, 0.3) is 0 Å². The summed E-state index contributed by atoms with van der Waals surface area (Å²) in [6, 6.07) is 20.0. The van der Waals surface area contributed by atoms with Gasteiger partial charge in [0.1, 0.15) is 6.61 Å². The molecule has 36 heavy (non-hydrogen) atoms. The van der Waals surface area contributed by atoms with Gasteiger partial charge in [-0.3, -0.25) is 9.69 Å². The van der Waals surface area contributed by atoms with Crippen LogP contribution in [0.15, 0.2) is 72.8 Å². The molecule has 1 heterocycles. The van der Waals surface area contributed by atoms with Gasteiger partial charge in [0.05, 0.1) is 24.6 Å². The number of carboxylic acid groups (broad SMARTS) is 1. The molecule has 0 amide bonds. The molecule has 0 bridgehead atoms. The first kappa shape index (κ1) is 25.6. The molecule has 1 fully saturated rings. The average molecular weight is 500 g/mol. The molecular weight excluding hydrogens is 471 g/mol. The number of hydrogen-bond donors (Lipinski definition) is 1. The fraction of sp³-hybridized carbons (Fsp3) is 0.321. The van der Waals surface area contributed by atoms with Crippen molar-refractivity contribution in [2.75, 3.05) is 20.2 Å². The third kappa shape index (κ3) is 5.99. The normalized spacial score (nSPS) is 15.9. The third-order valence-electron chi connectivity index (χ3n) is 6.54. The van der Waals surface area contributed by atoms with Crippen LogP contribution in [0.1, 0.15) is 41.1 Å². The van der Waals surface area contributed by atoms with E-state index < -0.39 is 23.6 Å². The standard InChI is InChI=1S/C28H28F3NO4/c1-35-25-17-22(9-12-24(25)36-18-19-5-3-2-4-6-19)26(32-15-13-21(14-16-32)27(33)34)20-7-10-23(11-8-20)28(29,30)31/h2-12,17,21,26H,13-16,18H2,1H3,(H,33,34). The zero-order chi connectivity index (χ0) is 25.7. The van der Waals surface area contributed by atoms with E-state index in [1.807, 2.05) is 42.5 Å². The highest BCUT2D eigenvalue weighted by atomic mass is 19.4. The number of benzene rings is 3. The number of ether oxygens (including phenoxy) is 2. The lowest BCUT2D eigenvalue weighted by atomic mass is 9.91. The first-order chi connectivity index (χ1) is 17.3. The number of carboxylic acids is 1. The lowest BCUT2D eigenvalue weighted by molar-refractivity contribution is -0.143. The Bertz CT molecular complexity index is 1160.